The maximum absolute atomic E-state index is 14.7. The first-order chi connectivity index (χ1) is 13.6. The van der Waals surface area contributed by atoms with Crippen molar-refractivity contribution in [1.82, 2.24) is 23.8 Å². The first kappa shape index (κ1) is 17.4. The Balaban J connectivity index is 1.30. The molecule has 1 amide bonds. The summed E-state index contributed by atoms with van der Waals surface area (Å²) < 4.78 is 18.4. The Kier molecular flexibility index (Phi) is 4.18. The van der Waals surface area contributed by atoms with E-state index in [4.69, 9.17) is 0 Å². The van der Waals surface area contributed by atoms with Gasteiger partial charge in [-0.25, -0.2) is 9.97 Å². The highest BCUT2D eigenvalue weighted by molar-refractivity contribution is 5.93. The fraction of sp³-hybridized carbons (Fsp3) is 0.476. The smallest absolute Gasteiger partial charge is 0.277 e. The molecule has 0 radical (unpaired) electrons. The molecule has 2 aliphatic rings. The predicted molar refractivity (Wildman–Crippen MR) is 103 cm³/mol. The lowest BCUT2D eigenvalue weighted by Crippen LogP contribution is -2.39. The number of halogens is 1. The van der Waals surface area contributed by atoms with E-state index in [0.29, 0.717) is 24.7 Å². The number of nitrogens with zero attached hydrogens (tertiary/aromatic N) is 5. The Morgan fingerprint density at radius 2 is 2.00 bits per heavy atom. The summed E-state index contributed by atoms with van der Waals surface area (Å²) in [5, 5.41) is 0. The molecule has 28 heavy (non-hydrogen) atoms. The number of imidazole rings is 2. The quantitative estimate of drug-likeness (QED) is 0.696. The van der Waals surface area contributed by atoms with E-state index in [1.54, 1.807) is 17.2 Å². The van der Waals surface area contributed by atoms with Gasteiger partial charge in [0.15, 0.2) is 5.69 Å². The third kappa shape index (κ3) is 2.99. The summed E-state index contributed by atoms with van der Waals surface area (Å²) in [7, 11) is 0. The zero-order valence-corrected chi connectivity index (χ0v) is 16.0. The predicted octanol–water partition coefficient (Wildman–Crippen LogP) is 3.41. The number of hydrogen-bond donors (Lipinski definition) is 0. The molecular weight excluding hydrogens is 357 g/mol. The van der Waals surface area contributed by atoms with Crippen molar-refractivity contribution in [3.8, 4) is 0 Å². The largest absolute Gasteiger partial charge is 0.337 e. The van der Waals surface area contributed by atoms with Gasteiger partial charge in [0.25, 0.3) is 5.91 Å². The molecule has 3 aromatic heterocycles. The second kappa shape index (κ2) is 6.72. The van der Waals surface area contributed by atoms with Crippen LogP contribution in [0.4, 0.5) is 4.39 Å². The van der Waals surface area contributed by atoms with E-state index in [0.717, 1.165) is 36.7 Å². The van der Waals surface area contributed by atoms with Gasteiger partial charge in [0, 0.05) is 44.1 Å². The zero-order valence-electron chi connectivity index (χ0n) is 16.0. The molecule has 0 spiro atoms. The molecular formula is C21H24FN5O. The third-order valence-corrected chi connectivity index (χ3v) is 6.04. The van der Waals surface area contributed by atoms with Gasteiger partial charge in [-0.1, -0.05) is 6.07 Å². The Labute approximate surface area is 163 Å². The number of fused-ring (bicyclic) bond motifs is 1. The number of rotatable bonds is 4. The Morgan fingerprint density at radius 1 is 1.21 bits per heavy atom. The molecule has 1 aliphatic carbocycles. The molecule has 1 saturated carbocycles. The molecule has 4 heterocycles. The number of piperidine rings is 1. The van der Waals surface area contributed by atoms with Crippen LogP contribution in [0.3, 0.4) is 0 Å². The normalized spacial score (nSPS) is 18.1. The van der Waals surface area contributed by atoms with E-state index < -0.39 is 5.95 Å². The highest BCUT2D eigenvalue weighted by Crippen LogP contribution is 2.33. The van der Waals surface area contributed by atoms with Gasteiger partial charge in [-0.15, -0.1) is 0 Å². The van der Waals surface area contributed by atoms with Crippen LogP contribution in [0.5, 0.6) is 0 Å². The molecule has 146 valence electrons. The van der Waals surface area contributed by atoms with Gasteiger partial charge in [-0.2, -0.15) is 4.39 Å². The van der Waals surface area contributed by atoms with E-state index in [9.17, 15) is 9.18 Å². The van der Waals surface area contributed by atoms with Crippen LogP contribution in [-0.4, -0.2) is 42.8 Å². The number of carbonyl (C=O) groups is 1. The van der Waals surface area contributed by atoms with E-state index in [1.807, 2.05) is 19.2 Å². The van der Waals surface area contributed by atoms with Crippen molar-refractivity contribution in [2.45, 2.75) is 45.1 Å². The lowest BCUT2D eigenvalue weighted by atomic mass is 9.95. The number of likely N-dealkylation sites (tertiary alicyclic amines) is 1. The number of hydrogen-bond acceptors (Lipinski definition) is 3. The molecule has 0 bridgehead atoms. The lowest BCUT2D eigenvalue weighted by Gasteiger charge is -2.31. The average molecular weight is 381 g/mol. The fourth-order valence-electron chi connectivity index (χ4n) is 4.22. The number of aryl methyl sites for hydroxylation is 1. The van der Waals surface area contributed by atoms with Gasteiger partial charge >= 0.3 is 0 Å². The van der Waals surface area contributed by atoms with Crippen molar-refractivity contribution in [1.29, 1.82) is 0 Å². The zero-order chi connectivity index (χ0) is 19.3. The lowest BCUT2D eigenvalue weighted by molar-refractivity contribution is 0.0699. The summed E-state index contributed by atoms with van der Waals surface area (Å²) in [6.07, 6.45) is 9.88. The van der Waals surface area contributed by atoms with Gasteiger partial charge in [0.2, 0.25) is 5.95 Å². The summed E-state index contributed by atoms with van der Waals surface area (Å²) in [5.74, 6) is 1.39. The SMILES string of the molecule is Cc1cccn2c(F)c(C(=O)N3CCC(c4nccn4CC4CC4)CC3)nc12. The Hall–Kier alpha value is -2.70. The molecule has 0 N–H and O–H groups in total. The minimum atomic E-state index is -0.578. The summed E-state index contributed by atoms with van der Waals surface area (Å²) in [6.45, 7) is 4.13. The average Bonchev–Trinajstić information content (AvgIpc) is 3.29. The molecule has 5 rings (SSSR count). The summed E-state index contributed by atoms with van der Waals surface area (Å²) in [4.78, 5) is 23.5. The van der Waals surface area contributed by atoms with Gasteiger partial charge in [-0.3, -0.25) is 9.20 Å². The van der Waals surface area contributed by atoms with Gasteiger partial charge in [-0.05, 0) is 50.2 Å². The molecule has 3 aromatic rings. The monoisotopic (exact) mass is 381 g/mol. The van der Waals surface area contributed by atoms with E-state index >= 15 is 0 Å². The Bertz CT molecular complexity index is 1030. The molecule has 2 fully saturated rings. The first-order valence-corrected chi connectivity index (χ1v) is 10.1. The van der Waals surface area contributed by atoms with Gasteiger partial charge < -0.3 is 9.47 Å². The standard InChI is InChI=1S/C21H24FN5O/c1-14-3-2-9-27-18(22)17(24-19(14)27)21(28)25-10-6-16(7-11-25)20-23-8-12-26(20)13-15-4-5-15/h2-3,8-9,12,15-16H,4-7,10-11,13H2,1H3. The van der Waals surface area contributed by atoms with Crippen LogP contribution in [0.25, 0.3) is 5.65 Å². The van der Waals surface area contributed by atoms with Gasteiger partial charge in [0.1, 0.15) is 11.5 Å². The fourth-order valence-corrected chi connectivity index (χ4v) is 4.22. The van der Waals surface area contributed by atoms with Crippen LogP contribution >= 0.6 is 0 Å². The highest BCUT2D eigenvalue weighted by atomic mass is 19.1. The summed E-state index contributed by atoms with van der Waals surface area (Å²) in [6, 6.07) is 3.63. The van der Waals surface area contributed by atoms with Crippen molar-refractivity contribution < 1.29 is 9.18 Å². The highest BCUT2D eigenvalue weighted by Gasteiger charge is 2.31. The minimum Gasteiger partial charge on any atom is -0.337 e. The van der Waals surface area contributed by atoms with Crippen LogP contribution in [0.2, 0.25) is 0 Å². The van der Waals surface area contributed by atoms with E-state index in [1.165, 1.54) is 17.2 Å². The van der Waals surface area contributed by atoms with E-state index in [2.05, 4.69) is 20.7 Å². The molecule has 1 saturated heterocycles. The number of aromatic nitrogens is 4. The Morgan fingerprint density at radius 3 is 2.71 bits per heavy atom. The van der Waals surface area contributed by atoms with Crippen molar-refractivity contribution in [2.24, 2.45) is 5.92 Å². The topological polar surface area (TPSA) is 55.4 Å². The van der Waals surface area contributed by atoms with Crippen molar-refractivity contribution in [3.05, 3.63) is 53.8 Å². The third-order valence-electron chi connectivity index (χ3n) is 6.04. The molecule has 1 aliphatic heterocycles. The van der Waals surface area contributed by atoms with Gasteiger partial charge in [0.05, 0.1) is 0 Å². The van der Waals surface area contributed by atoms with Crippen LogP contribution in [0, 0.1) is 18.8 Å². The second-order valence-corrected chi connectivity index (χ2v) is 8.08. The summed E-state index contributed by atoms with van der Waals surface area (Å²) >= 11 is 0. The first-order valence-electron chi connectivity index (χ1n) is 10.1. The molecule has 0 unspecified atom stereocenters. The minimum absolute atomic E-state index is 0.0806. The number of pyridine rings is 1. The van der Waals surface area contributed by atoms with E-state index in [-0.39, 0.29) is 11.6 Å². The molecule has 7 heteroatoms. The van der Waals surface area contributed by atoms with Crippen LogP contribution < -0.4 is 0 Å². The maximum Gasteiger partial charge on any atom is 0.277 e. The summed E-state index contributed by atoms with van der Waals surface area (Å²) in [5.41, 5.74) is 1.27. The van der Waals surface area contributed by atoms with Crippen molar-refractivity contribution in [2.75, 3.05) is 13.1 Å². The maximum atomic E-state index is 14.7. The van der Waals surface area contributed by atoms with Crippen LogP contribution in [0.1, 0.15) is 53.5 Å². The number of carbonyl (C=O) groups excluding carboxylic acids is 1. The molecule has 0 atom stereocenters. The van der Waals surface area contributed by atoms with Crippen molar-refractivity contribution in [3.63, 3.8) is 0 Å². The molecule has 6 nitrogen and oxygen atoms in total. The second-order valence-electron chi connectivity index (χ2n) is 8.08. The van der Waals surface area contributed by atoms with Crippen LogP contribution in [0.15, 0.2) is 30.7 Å². The molecule has 0 aromatic carbocycles. The van der Waals surface area contributed by atoms with Crippen molar-refractivity contribution >= 4 is 11.6 Å². The van der Waals surface area contributed by atoms with Crippen LogP contribution in [-0.2, 0) is 6.54 Å². The number of amides is 1.